The Morgan fingerprint density at radius 3 is 2.84 bits per heavy atom. The number of furan rings is 1. The summed E-state index contributed by atoms with van der Waals surface area (Å²) < 4.78 is 5.60. The van der Waals surface area contributed by atoms with Crippen molar-refractivity contribution in [2.45, 2.75) is 45.1 Å². The van der Waals surface area contributed by atoms with Crippen molar-refractivity contribution >= 4 is 45.4 Å². The molecular formula is C18H19N3O2S2. The van der Waals surface area contributed by atoms with Gasteiger partial charge in [0.2, 0.25) is 5.13 Å². The van der Waals surface area contributed by atoms with Gasteiger partial charge < -0.3 is 4.42 Å². The lowest BCUT2D eigenvalue weighted by molar-refractivity contribution is -0.124. The van der Waals surface area contributed by atoms with E-state index < -0.39 is 0 Å². The lowest BCUT2D eigenvalue weighted by Crippen LogP contribution is -2.40. The van der Waals surface area contributed by atoms with Crippen LogP contribution in [0.25, 0.3) is 6.08 Å². The van der Waals surface area contributed by atoms with Crippen molar-refractivity contribution in [1.29, 1.82) is 0 Å². The molecule has 130 valence electrons. The summed E-state index contributed by atoms with van der Waals surface area (Å²) in [7, 11) is 0. The normalized spacial score (nSPS) is 22.4. The Bertz CT molecular complexity index is 817. The van der Waals surface area contributed by atoms with E-state index in [1.165, 1.54) is 42.4 Å². The number of hydrogen-bond donors (Lipinski definition) is 0. The fourth-order valence-electron chi connectivity index (χ4n) is 3.24. The standard InChI is InChI=1S/C18H19N3O2S2/c1-12-7-8-14(23-12)11-15-16(22)21(13-5-3-2-4-6-13)18(25-15)20-17-19-9-10-24-17/h7-11,13H,2-6H2,1H3/b15-11+,20-18+. The molecule has 1 saturated carbocycles. The third kappa shape index (κ3) is 3.57. The molecule has 0 atom stereocenters. The van der Waals surface area contributed by atoms with E-state index in [2.05, 4.69) is 9.98 Å². The van der Waals surface area contributed by atoms with Gasteiger partial charge in [0.25, 0.3) is 5.91 Å². The zero-order valence-corrected chi connectivity index (χ0v) is 15.6. The van der Waals surface area contributed by atoms with Crippen LogP contribution < -0.4 is 0 Å². The van der Waals surface area contributed by atoms with Gasteiger partial charge in [-0.25, -0.2) is 4.98 Å². The van der Waals surface area contributed by atoms with Crippen molar-refractivity contribution in [3.8, 4) is 0 Å². The monoisotopic (exact) mass is 373 g/mol. The van der Waals surface area contributed by atoms with Gasteiger partial charge in [-0.05, 0) is 43.7 Å². The van der Waals surface area contributed by atoms with Crippen molar-refractivity contribution in [2.75, 3.05) is 0 Å². The van der Waals surface area contributed by atoms with Gasteiger partial charge in [0.1, 0.15) is 11.5 Å². The number of thioether (sulfide) groups is 1. The molecule has 7 heteroatoms. The first-order chi connectivity index (χ1) is 12.2. The first kappa shape index (κ1) is 16.6. The third-order valence-corrected chi connectivity index (χ3v) is 6.07. The molecule has 2 aromatic heterocycles. The Balaban J connectivity index is 1.68. The predicted octanol–water partition coefficient (Wildman–Crippen LogP) is 4.98. The fourth-order valence-corrected chi connectivity index (χ4v) is 4.82. The molecule has 0 radical (unpaired) electrons. The largest absolute Gasteiger partial charge is 0.462 e. The van der Waals surface area contributed by atoms with Crippen LogP contribution in [0.2, 0.25) is 0 Å². The molecule has 0 N–H and O–H groups in total. The zero-order chi connectivity index (χ0) is 17.2. The molecule has 2 fully saturated rings. The molecule has 1 aliphatic carbocycles. The smallest absolute Gasteiger partial charge is 0.267 e. The van der Waals surface area contributed by atoms with Gasteiger partial charge in [0.05, 0.1) is 4.91 Å². The van der Waals surface area contributed by atoms with Crippen LogP contribution in [-0.4, -0.2) is 27.0 Å². The Morgan fingerprint density at radius 2 is 2.16 bits per heavy atom. The Kier molecular flexibility index (Phi) is 4.76. The number of aromatic nitrogens is 1. The maximum absolute atomic E-state index is 13.1. The summed E-state index contributed by atoms with van der Waals surface area (Å²) in [6.07, 6.45) is 9.21. The topological polar surface area (TPSA) is 58.7 Å². The molecule has 0 spiro atoms. The average Bonchev–Trinajstić information content (AvgIpc) is 3.32. The highest BCUT2D eigenvalue weighted by atomic mass is 32.2. The molecule has 2 aromatic rings. The van der Waals surface area contributed by atoms with E-state index in [0.717, 1.165) is 23.8 Å². The van der Waals surface area contributed by atoms with Crippen LogP contribution in [0.5, 0.6) is 0 Å². The van der Waals surface area contributed by atoms with E-state index in [1.54, 1.807) is 6.20 Å². The third-order valence-electron chi connectivity index (χ3n) is 4.42. The SMILES string of the molecule is Cc1ccc(/C=C2/S/C(=N/c3nccs3)N(C3CCCCC3)C2=O)o1. The van der Waals surface area contributed by atoms with Gasteiger partial charge in [-0.3, -0.25) is 9.69 Å². The molecular weight excluding hydrogens is 354 g/mol. The molecule has 4 rings (SSSR count). The molecule has 3 heterocycles. The van der Waals surface area contributed by atoms with Crippen LogP contribution in [-0.2, 0) is 4.79 Å². The molecule has 1 saturated heterocycles. The second kappa shape index (κ2) is 7.17. The summed E-state index contributed by atoms with van der Waals surface area (Å²) >= 11 is 2.90. The predicted molar refractivity (Wildman–Crippen MR) is 102 cm³/mol. The summed E-state index contributed by atoms with van der Waals surface area (Å²) in [5, 5.41) is 3.32. The molecule has 1 amide bonds. The van der Waals surface area contributed by atoms with E-state index in [-0.39, 0.29) is 11.9 Å². The van der Waals surface area contributed by atoms with Gasteiger partial charge in [0, 0.05) is 23.7 Å². The lowest BCUT2D eigenvalue weighted by atomic mass is 9.94. The minimum Gasteiger partial charge on any atom is -0.462 e. The Hall–Kier alpha value is -1.86. The van der Waals surface area contributed by atoms with Crippen molar-refractivity contribution in [2.24, 2.45) is 4.99 Å². The minimum atomic E-state index is 0.0289. The number of aryl methyl sites for hydroxylation is 1. The summed E-state index contributed by atoms with van der Waals surface area (Å²) in [5.41, 5.74) is 0. The summed E-state index contributed by atoms with van der Waals surface area (Å²) in [5.74, 6) is 1.57. The zero-order valence-electron chi connectivity index (χ0n) is 14.0. The molecule has 0 aromatic carbocycles. The second-order valence-corrected chi connectivity index (χ2v) is 8.12. The van der Waals surface area contributed by atoms with Crippen LogP contribution in [0.15, 0.2) is 38.0 Å². The van der Waals surface area contributed by atoms with Crippen LogP contribution in [0.1, 0.15) is 43.6 Å². The number of thiazole rings is 1. The maximum Gasteiger partial charge on any atom is 0.267 e. The molecule has 5 nitrogen and oxygen atoms in total. The summed E-state index contributed by atoms with van der Waals surface area (Å²) in [6.45, 7) is 1.90. The second-order valence-electron chi connectivity index (χ2n) is 6.24. The molecule has 0 unspecified atom stereocenters. The fraction of sp³-hybridized carbons (Fsp3) is 0.389. The van der Waals surface area contributed by atoms with E-state index in [1.807, 2.05) is 35.4 Å². The number of nitrogens with zero attached hydrogens (tertiary/aromatic N) is 3. The Labute approximate surface area is 154 Å². The van der Waals surface area contributed by atoms with E-state index in [4.69, 9.17) is 4.42 Å². The van der Waals surface area contributed by atoms with Gasteiger partial charge in [-0.1, -0.05) is 19.3 Å². The highest BCUT2D eigenvalue weighted by Crippen LogP contribution is 2.38. The Morgan fingerprint density at radius 1 is 1.32 bits per heavy atom. The number of hydrogen-bond acceptors (Lipinski definition) is 6. The van der Waals surface area contributed by atoms with Crippen molar-refractivity contribution in [3.63, 3.8) is 0 Å². The minimum absolute atomic E-state index is 0.0289. The number of carbonyl (C=O) groups excluding carboxylic acids is 1. The van der Waals surface area contributed by atoms with E-state index in [0.29, 0.717) is 15.8 Å². The average molecular weight is 374 g/mol. The molecule has 0 bridgehead atoms. The van der Waals surface area contributed by atoms with Crippen molar-refractivity contribution in [3.05, 3.63) is 40.1 Å². The van der Waals surface area contributed by atoms with Crippen molar-refractivity contribution < 1.29 is 9.21 Å². The maximum atomic E-state index is 13.1. The highest BCUT2D eigenvalue weighted by Gasteiger charge is 2.39. The quantitative estimate of drug-likeness (QED) is 0.712. The van der Waals surface area contributed by atoms with E-state index >= 15 is 0 Å². The summed E-state index contributed by atoms with van der Waals surface area (Å²) in [6, 6.07) is 4.02. The number of amidine groups is 1. The van der Waals surface area contributed by atoms with E-state index in [9.17, 15) is 4.79 Å². The van der Waals surface area contributed by atoms with Crippen LogP contribution >= 0.6 is 23.1 Å². The first-order valence-electron chi connectivity index (χ1n) is 8.48. The molecule has 25 heavy (non-hydrogen) atoms. The number of rotatable bonds is 3. The van der Waals surface area contributed by atoms with Gasteiger partial charge in [-0.2, -0.15) is 4.99 Å². The number of carbonyl (C=O) groups is 1. The highest BCUT2D eigenvalue weighted by molar-refractivity contribution is 8.18. The first-order valence-corrected chi connectivity index (χ1v) is 10.2. The van der Waals surface area contributed by atoms with Gasteiger partial charge in [-0.15, -0.1) is 11.3 Å². The lowest BCUT2D eigenvalue weighted by Gasteiger charge is -2.30. The number of aliphatic imine (C=N–C) groups is 1. The van der Waals surface area contributed by atoms with Crippen LogP contribution in [0.4, 0.5) is 5.13 Å². The molecule has 2 aliphatic rings. The number of amides is 1. The van der Waals surface area contributed by atoms with Gasteiger partial charge in [0.15, 0.2) is 5.17 Å². The van der Waals surface area contributed by atoms with Gasteiger partial charge >= 0.3 is 0 Å². The molecule has 1 aliphatic heterocycles. The summed E-state index contributed by atoms with van der Waals surface area (Å²) in [4.78, 5) is 24.5. The van der Waals surface area contributed by atoms with Crippen molar-refractivity contribution in [1.82, 2.24) is 9.88 Å². The van der Waals surface area contributed by atoms with Crippen LogP contribution in [0, 0.1) is 6.92 Å². The van der Waals surface area contributed by atoms with Crippen LogP contribution in [0.3, 0.4) is 0 Å².